The van der Waals surface area contributed by atoms with Gasteiger partial charge in [-0.25, -0.2) is 0 Å². The maximum absolute atomic E-state index is 2.36. The van der Waals surface area contributed by atoms with Gasteiger partial charge in [0, 0.05) is 10.5 Å². The van der Waals surface area contributed by atoms with Gasteiger partial charge in [-0.05, 0) is 73.0 Å². The van der Waals surface area contributed by atoms with E-state index < -0.39 is 7.26 Å². The number of benzene rings is 5. The molecule has 0 saturated heterocycles. The summed E-state index contributed by atoms with van der Waals surface area (Å²) in [6.45, 7) is 0. The fraction of sp³-hybridized carbons (Fsp3) is 0.167. The molecule has 0 nitrogen and oxygen atoms in total. The highest BCUT2D eigenvalue weighted by Crippen LogP contribution is 2.58. The summed E-state index contributed by atoms with van der Waals surface area (Å²) in [5, 5.41) is 4.33. The highest BCUT2D eigenvalue weighted by molar-refractivity contribution is 7.99. The zero-order valence-electron chi connectivity index (χ0n) is 22.3. The van der Waals surface area contributed by atoms with Gasteiger partial charge < -0.3 is 17.0 Å². The monoisotopic (exact) mass is 610 g/mol. The fourth-order valence-corrected chi connectivity index (χ4v) is 10.7. The summed E-state index contributed by atoms with van der Waals surface area (Å²) in [7, 11) is -1.90. The van der Waals surface area contributed by atoms with Crippen molar-refractivity contribution in [1.82, 2.24) is 0 Å². The van der Waals surface area contributed by atoms with Gasteiger partial charge in [0.25, 0.3) is 0 Å². The third-order valence-corrected chi connectivity index (χ3v) is 12.7. The minimum atomic E-state index is -1.90. The Hall–Kier alpha value is -2.64. The topological polar surface area (TPSA) is 0 Å². The first-order chi connectivity index (χ1) is 18.9. The molecule has 5 aromatic carbocycles. The van der Waals surface area contributed by atoms with E-state index in [2.05, 4.69) is 146 Å². The summed E-state index contributed by atoms with van der Waals surface area (Å²) in [5.41, 5.74) is 2.92. The molecule has 0 unspecified atom stereocenters. The molecule has 0 heterocycles. The Labute approximate surface area is 250 Å². The molecule has 0 radical (unpaired) electrons. The van der Waals surface area contributed by atoms with E-state index in [1.54, 1.807) is 0 Å². The second-order valence-corrected chi connectivity index (χ2v) is 14.3. The van der Waals surface area contributed by atoms with E-state index >= 15 is 0 Å². The van der Waals surface area contributed by atoms with Gasteiger partial charge in [-0.2, -0.15) is 0 Å². The van der Waals surface area contributed by atoms with Crippen LogP contribution in [0.2, 0.25) is 0 Å². The second-order valence-electron chi connectivity index (χ2n) is 9.73. The highest BCUT2D eigenvalue weighted by atomic mass is 79.9. The van der Waals surface area contributed by atoms with E-state index in [0.717, 1.165) is 6.16 Å². The van der Waals surface area contributed by atoms with Gasteiger partial charge in [-0.1, -0.05) is 110 Å². The Kier molecular flexibility index (Phi) is 11.5. The molecule has 0 fully saturated rings. The molecule has 0 aliphatic rings. The molecule has 0 amide bonds. The Bertz CT molecular complexity index is 1280. The van der Waals surface area contributed by atoms with Gasteiger partial charge in [0.15, 0.2) is 0 Å². The van der Waals surface area contributed by atoms with Crippen molar-refractivity contribution in [1.29, 1.82) is 0 Å². The summed E-state index contributed by atoms with van der Waals surface area (Å²) in [6, 6.07) is 53.7. The lowest BCUT2D eigenvalue weighted by atomic mass is 10.1. The molecule has 39 heavy (non-hydrogen) atoms. The average Bonchev–Trinajstić information content (AvgIpc) is 3.00. The molecule has 3 heteroatoms. The predicted molar refractivity (Wildman–Crippen MR) is 170 cm³/mol. The molecule has 5 aromatic rings. The van der Waals surface area contributed by atoms with Gasteiger partial charge in [-0.3, -0.25) is 0 Å². The second kappa shape index (κ2) is 15.2. The smallest absolute Gasteiger partial charge is 0.116 e. The summed E-state index contributed by atoms with van der Waals surface area (Å²) >= 11 is 2.04. The third kappa shape index (κ3) is 7.52. The van der Waals surface area contributed by atoms with E-state index in [9.17, 15) is 0 Å². The molecule has 0 bridgehead atoms. The fourth-order valence-electron chi connectivity index (χ4n) is 5.23. The first-order valence-corrected chi connectivity index (χ1v) is 16.6. The lowest BCUT2D eigenvalue weighted by molar-refractivity contribution is -0.00000742. The number of unbranched alkanes of at least 4 members (excludes halogenated alkanes) is 2. The van der Waals surface area contributed by atoms with Gasteiger partial charge >= 0.3 is 0 Å². The van der Waals surface area contributed by atoms with Crippen molar-refractivity contribution >= 4 is 34.9 Å². The number of hydrogen-bond acceptors (Lipinski definition) is 1. The predicted octanol–water partition coefficient (Wildman–Crippen LogP) is 5.69. The van der Waals surface area contributed by atoms with Crippen LogP contribution in [0.1, 0.15) is 30.4 Å². The number of rotatable bonds is 12. The van der Waals surface area contributed by atoms with Crippen LogP contribution < -0.4 is 32.9 Å². The Morgan fingerprint density at radius 3 is 1.46 bits per heavy atom. The molecule has 0 aromatic heterocycles. The molecular formula is C36H36BrPS. The van der Waals surface area contributed by atoms with Crippen LogP contribution in [0, 0.1) is 0 Å². The number of hydrogen-bond donors (Lipinski definition) is 0. The van der Waals surface area contributed by atoms with Crippen LogP contribution >= 0.6 is 19.0 Å². The SMILES string of the molecule is [Br-].c1ccc(CCCCCSc2ccccc2C[P+](c2ccccc2)(c2ccccc2)c2ccccc2)cc1. The molecule has 0 N–H and O–H groups in total. The molecule has 0 spiro atoms. The van der Waals surface area contributed by atoms with Crippen molar-refractivity contribution in [2.75, 3.05) is 5.75 Å². The summed E-state index contributed by atoms with van der Waals surface area (Å²) < 4.78 is 0. The summed E-state index contributed by atoms with van der Waals surface area (Å²) in [6.07, 6.45) is 6.00. The quantitative estimate of drug-likeness (QED) is 0.0993. The van der Waals surface area contributed by atoms with Crippen LogP contribution in [0.4, 0.5) is 0 Å². The highest BCUT2D eigenvalue weighted by Gasteiger charge is 2.45. The third-order valence-electron chi connectivity index (χ3n) is 7.18. The normalized spacial score (nSPS) is 11.1. The molecule has 0 aliphatic carbocycles. The lowest BCUT2D eigenvalue weighted by Crippen LogP contribution is -3.00. The largest absolute Gasteiger partial charge is 1.00 e. The van der Waals surface area contributed by atoms with Crippen LogP contribution in [-0.4, -0.2) is 5.75 Å². The van der Waals surface area contributed by atoms with Crippen molar-refractivity contribution < 1.29 is 17.0 Å². The van der Waals surface area contributed by atoms with Crippen molar-refractivity contribution in [3.8, 4) is 0 Å². The summed E-state index contributed by atoms with van der Waals surface area (Å²) in [5.74, 6) is 1.17. The lowest BCUT2D eigenvalue weighted by Gasteiger charge is -2.28. The molecule has 5 rings (SSSR count). The van der Waals surface area contributed by atoms with Crippen molar-refractivity contribution in [2.24, 2.45) is 0 Å². The van der Waals surface area contributed by atoms with Crippen LogP contribution in [-0.2, 0) is 12.6 Å². The number of aryl methyl sites for hydroxylation is 1. The van der Waals surface area contributed by atoms with E-state index in [4.69, 9.17) is 0 Å². The first kappa shape index (κ1) is 29.3. The van der Waals surface area contributed by atoms with E-state index in [1.165, 1.54) is 63.4 Å². The van der Waals surface area contributed by atoms with E-state index in [0.29, 0.717) is 0 Å². The van der Waals surface area contributed by atoms with Crippen LogP contribution in [0.3, 0.4) is 0 Å². The number of halogens is 1. The van der Waals surface area contributed by atoms with E-state index in [-0.39, 0.29) is 17.0 Å². The Morgan fingerprint density at radius 1 is 0.462 bits per heavy atom. The van der Waals surface area contributed by atoms with Crippen molar-refractivity contribution in [3.63, 3.8) is 0 Å². The maximum Gasteiger partial charge on any atom is 0.116 e. The van der Waals surface area contributed by atoms with Crippen molar-refractivity contribution in [3.05, 3.63) is 157 Å². The average molecular weight is 612 g/mol. The van der Waals surface area contributed by atoms with Gasteiger partial charge in [0.1, 0.15) is 23.2 Å². The Morgan fingerprint density at radius 2 is 0.923 bits per heavy atom. The summed E-state index contributed by atoms with van der Waals surface area (Å²) in [4.78, 5) is 1.43. The molecule has 198 valence electrons. The van der Waals surface area contributed by atoms with Gasteiger partial charge in [0.2, 0.25) is 0 Å². The molecular weight excluding hydrogens is 575 g/mol. The first-order valence-electron chi connectivity index (χ1n) is 13.7. The zero-order valence-corrected chi connectivity index (χ0v) is 25.6. The minimum absolute atomic E-state index is 0. The molecule has 0 saturated carbocycles. The van der Waals surface area contributed by atoms with Crippen LogP contribution in [0.15, 0.2) is 150 Å². The van der Waals surface area contributed by atoms with Crippen molar-refractivity contribution in [2.45, 2.75) is 36.7 Å². The Balaban J connectivity index is 0.00000353. The van der Waals surface area contributed by atoms with Crippen LogP contribution in [0.5, 0.6) is 0 Å². The van der Waals surface area contributed by atoms with E-state index in [1.807, 2.05) is 11.8 Å². The minimum Gasteiger partial charge on any atom is -1.00 e. The zero-order chi connectivity index (χ0) is 25.9. The maximum atomic E-state index is 2.36. The number of thioether (sulfide) groups is 1. The van der Waals surface area contributed by atoms with Crippen LogP contribution in [0.25, 0.3) is 0 Å². The van der Waals surface area contributed by atoms with Gasteiger partial charge in [-0.15, -0.1) is 11.8 Å². The molecule has 0 aliphatic heterocycles. The standard InChI is InChI=1S/C36H36PS.BrH/c1-6-18-31(19-7-1)20-8-5-17-29-38-36-28-16-15-21-32(36)30-37(33-22-9-2-10-23-33,34-24-11-3-12-25-34)35-26-13-4-14-27-35;/h1-4,6-7,9-16,18-19,21-28H,5,8,17,20,29-30H2;1H/q+1;/p-1. The van der Waals surface area contributed by atoms with Gasteiger partial charge in [0.05, 0.1) is 6.16 Å². The molecule has 0 atom stereocenters.